The molecule has 0 aliphatic carbocycles. The smallest absolute Gasteiger partial charge is 0.154 e. The predicted molar refractivity (Wildman–Crippen MR) is 164 cm³/mol. The van der Waals surface area contributed by atoms with Gasteiger partial charge in [-0.15, -0.1) is 0 Å². The molecule has 0 atom stereocenters. The third-order valence-corrected chi connectivity index (χ3v) is 8.81. The summed E-state index contributed by atoms with van der Waals surface area (Å²) in [5.74, 6) is 1.99. The Hall–Kier alpha value is -2.96. The Morgan fingerprint density at radius 1 is 1.05 bits per heavy atom. The summed E-state index contributed by atoms with van der Waals surface area (Å²) < 4.78 is 0. The molecule has 1 aromatic heterocycles. The van der Waals surface area contributed by atoms with Crippen molar-refractivity contribution in [3.63, 3.8) is 0 Å². The van der Waals surface area contributed by atoms with Gasteiger partial charge in [0.2, 0.25) is 0 Å². The number of hydrogen-bond donors (Lipinski definition) is 0. The van der Waals surface area contributed by atoms with E-state index in [0.29, 0.717) is 11.5 Å². The maximum atomic E-state index is 5.18. The Morgan fingerprint density at radius 2 is 1.82 bits per heavy atom. The lowest BCUT2D eigenvalue weighted by Crippen LogP contribution is -2.70. The van der Waals surface area contributed by atoms with Crippen LogP contribution in [0.1, 0.15) is 49.8 Å². The molecule has 0 radical (unpaired) electrons. The summed E-state index contributed by atoms with van der Waals surface area (Å²) >= 11 is 0. The van der Waals surface area contributed by atoms with Gasteiger partial charge in [-0.1, -0.05) is 43.3 Å². The van der Waals surface area contributed by atoms with Gasteiger partial charge in [0, 0.05) is 73.9 Å². The van der Waals surface area contributed by atoms with Gasteiger partial charge in [-0.2, -0.15) is 0 Å². The number of likely N-dealkylation sites (tertiary alicyclic amines) is 2. The predicted octanol–water partition coefficient (Wildman–Crippen LogP) is 5.39. The van der Waals surface area contributed by atoms with Crippen molar-refractivity contribution in [2.75, 3.05) is 62.7 Å². The first kappa shape index (κ1) is 26.3. The Kier molecular flexibility index (Phi) is 7.11. The summed E-state index contributed by atoms with van der Waals surface area (Å²) in [6, 6.07) is 13.7. The number of benzene rings is 2. The molecular weight excluding hydrogens is 480 g/mol. The van der Waals surface area contributed by atoms with Crippen LogP contribution in [0, 0.1) is 12.3 Å². The van der Waals surface area contributed by atoms with E-state index in [1.165, 1.54) is 59.5 Å². The Balaban J connectivity index is 1.29. The zero-order chi connectivity index (χ0) is 27.1. The highest BCUT2D eigenvalue weighted by molar-refractivity contribution is 5.97. The monoisotopic (exact) mass is 524 g/mol. The first-order valence-corrected chi connectivity index (χ1v) is 14.8. The van der Waals surface area contributed by atoms with E-state index >= 15 is 0 Å². The standard InChI is InChI=1S/C33H44N6/c1-6-16-39(24(2)3)32-27-15-18-38(29-13-8-12-26-11-7-10-25(4)31(26)29)19-28(27)34-30(35-32)14-9-17-37-22-33(23-37)20-36(5)21-33/h7-14,24H,6,15-23H2,1-5H3/b14-9+. The molecule has 3 aliphatic rings. The quantitative estimate of drug-likeness (QED) is 0.394. The van der Waals surface area contributed by atoms with E-state index in [1.54, 1.807) is 0 Å². The minimum Gasteiger partial charge on any atom is -0.365 e. The van der Waals surface area contributed by atoms with Crippen molar-refractivity contribution in [3.8, 4) is 0 Å². The molecule has 1 spiro atoms. The van der Waals surface area contributed by atoms with Gasteiger partial charge in [0.25, 0.3) is 0 Å². The SMILES string of the molecule is CCCN(c1nc(/C=C/CN2CC3(CN(C)C3)C2)nc2c1CCN(c1cccc3cccc(C)c13)C2)C(C)C. The molecule has 6 heteroatoms. The van der Waals surface area contributed by atoms with Gasteiger partial charge < -0.3 is 14.7 Å². The second-order valence-corrected chi connectivity index (χ2v) is 12.5. The molecule has 4 heterocycles. The summed E-state index contributed by atoms with van der Waals surface area (Å²) in [5, 5.41) is 2.66. The van der Waals surface area contributed by atoms with Crippen LogP contribution in [0.2, 0.25) is 0 Å². The molecule has 2 saturated heterocycles. The first-order chi connectivity index (χ1) is 18.9. The molecule has 6 nitrogen and oxygen atoms in total. The molecule has 0 bridgehead atoms. The van der Waals surface area contributed by atoms with Gasteiger partial charge in [0.15, 0.2) is 5.82 Å². The molecule has 2 fully saturated rings. The van der Waals surface area contributed by atoms with Crippen molar-refractivity contribution < 1.29 is 0 Å². The van der Waals surface area contributed by atoms with Crippen molar-refractivity contribution in [2.24, 2.45) is 5.41 Å². The molecular formula is C33H44N6. The van der Waals surface area contributed by atoms with Crippen molar-refractivity contribution >= 4 is 28.4 Å². The number of hydrogen-bond acceptors (Lipinski definition) is 6. The van der Waals surface area contributed by atoms with Crippen LogP contribution in [-0.2, 0) is 13.0 Å². The number of rotatable bonds is 8. The van der Waals surface area contributed by atoms with E-state index in [4.69, 9.17) is 9.97 Å². The molecule has 3 aromatic rings. The largest absolute Gasteiger partial charge is 0.365 e. The maximum Gasteiger partial charge on any atom is 0.154 e. The molecule has 6 rings (SSSR count). The Morgan fingerprint density at radius 3 is 2.54 bits per heavy atom. The van der Waals surface area contributed by atoms with Crippen LogP contribution in [0.25, 0.3) is 16.8 Å². The van der Waals surface area contributed by atoms with E-state index < -0.39 is 0 Å². The summed E-state index contributed by atoms with van der Waals surface area (Å²) in [4.78, 5) is 20.3. The van der Waals surface area contributed by atoms with Crippen molar-refractivity contribution in [2.45, 2.75) is 53.1 Å². The van der Waals surface area contributed by atoms with Crippen molar-refractivity contribution in [1.29, 1.82) is 0 Å². The molecule has 0 N–H and O–H groups in total. The number of aryl methyl sites for hydroxylation is 1. The molecule has 3 aliphatic heterocycles. The van der Waals surface area contributed by atoms with Crippen LogP contribution in [0.4, 0.5) is 11.5 Å². The zero-order valence-electron chi connectivity index (χ0n) is 24.5. The summed E-state index contributed by atoms with van der Waals surface area (Å²) in [7, 11) is 2.22. The Bertz CT molecular complexity index is 1360. The highest BCUT2D eigenvalue weighted by Gasteiger charge is 2.49. The average molecular weight is 525 g/mol. The van der Waals surface area contributed by atoms with Crippen LogP contribution in [0.3, 0.4) is 0 Å². The second-order valence-electron chi connectivity index (χ2n) is 12.5. The van der Waals surface area contributed by atoms with Crippen molar-refractivity contribution in [1.82, 2.24) is 19.8 Å². The first-order valence-electron chi connectivity index (χ1n) is 14.8. The van der Waals surface area contributed by atoms with Crippen LogP contribution in [0.5, 0.6) is 0 Å². The van der Waals surface area contributed by atoms with Crippen LogP contribution < -0.4 is 9.80 Å². The number of fused-ring (bicyclic) bond motifs is 2. The third-order valence-electron chi connectivity index (χ3n) is 8.81. The lowest BCUT2D eigenvalue weighted by atomic mass is 9.73. The summed E-state index contributed by atoms with van der Waals surface area (Å²) in [6.45, 7) is 17.8. The van der Waals surface area contributed by atoms with Gasteiger partial charge >= 0.3 is 0 Å². The molecule has 0 unspecified atom stereocenters. The maximum absolute atomic E-state index is 5.18. The second kappa shape index (κ2) is 10.5. The molecule has 0 amide bonds. The zero-order valence-corrected chi connectivity index (χ0v) is 24.5. The Labute approximate surface area is 234 Å². The van der Waals surface area contributed by atoms with Gasteiger partial charge in [-0.3, -0.25) is 4.90 Å². The molecule has 2 aromatic carbocycles. The van der Waals surface area contributed by atoms with Gasteiger partial charge in [-0.25, -0.2) is 9.97 Å². The lowest BCUT2D eigenvalue weighted by Gasteiger charge is -2.59. The normalized spacial score (nSPS) is 19.1. The molecule has 206 valence electrons. The van der Waals surface area contributed by atoms with Crippen LogP contribution in [0.15, 0.2) is 42.5 Å². The summed E-state index contributed by atoms with van der Waals surface area (Å²) in [5.41, 5.74) is 5.73. The van der Waals surface area contributed by atoms with Crippen LogP contribution in [-0.4, -0.2) is 78.7 Å². The van der Waals surface area contributed by atoms with Gasteiger partial charge in [0.05, 0.1) is 12.2 Å². The fourth-order valence-corrected chi connectivity index (χ4v) is 7.20. The molecule has 39 heavy (non-hydrogen) atoms. The van der Waals surface area contributed by atoms with E-state index in [2.05, 4.69) is 103 Å². The van der Waals surface area contributed by atoms with E-state index in [-0.39, 0.29) is 0 Å². The summed E-state index contributed by atoms with van der Waals surface area (Å²) in [6.07, 6.45) is 6.51. The fourth-order valence-electron chi connectivity index (χ4n) is 7.20. The number of anilines is 2. The van der Waals surface area contributed by atoms with Crippen molar-refractivity contribution in [3.05, 3.63) is 65.1 Å². The minimum atomic E-state index is 0.400. The van der Waals surface area contributed by atoms with Crippen LogP contribution >= 0.6 is 0 Å². The van der Waals surface area contributed by atoms with E-state index in [0.717, 1.165) is 50.7 Å². The van der Waals surface area contributed by atoms with E-state index in [1.807, 2.05) is 0 Å². The average Bonchev–Trinajstić information content (AvgIpc) is 2.88. The highest BCUT2D eigenvalue weighted by atomic mass is 15.3. The minimum absolute atomic E-state index is 0.400. The van der Waals surface area contributed by atoms with E-state index in [9.17, 15) is 0 Å². The number of aromatic nitrogens is 2. The van der Waals surface area contributed by atoms with Gasteiger partial charge in [0.1, 0.15) is 5.82 Å². The lowest BCUT2D eigenvalue weighted by molar-refractivity contribution is -0.0990. The highest BCUT2D eigenvalue weighted by Crippen LogP contribution is 2.38. The molecule has 0 saturated carbocycles. The number of nitrogens with zero attached hydrogens (tertiary/aromatic N) is 6. The van der Waals surface area contributed by atoms with Gasteiger partial charge in [-0.05, 0) is 63.8 Å². The fraction of sp³-hybridized carbons (Fsp3) is 0.515. The topological polar surface area (TPSA) is 38.7 Å². The third kappa shape index (κ3) is 5.05.